The first-order valence-corrected chi connectivity index (χ1v) is 8.16. The van der Waals surface area contributed by atoms with Crippen molar-refractivity contribution in [3.05, 3.63) is 75.0 Å². The minimum Gasteiger partial charge on any atom is -0.340 e. The molecule has 3 rings (SSSR count). The zero-order valence-electron chi connectivity index (χ0n) is 12.6. The highest BCUT2D eigenvalue weighted by Crippen LogP contribution is 2.25. The molecule has 2 heterocycles. The van der Waals surface area contributed by atoms with E-state index in [0.29, 0.717) is 15.9 Å². The maximum absolute atomic E-state index is 12.5. The lowest BCUT2D eigenvalue weighted by Crippen LogP contribution is -2.31. The standard InChI is InChI=1S/C16H13Cl3N4O/c1-23-7-6-20-15(23)13(9-2-4-10(17)5-3-9)22-16(24)12-8-11(18)14(19)21-12/h2-8,13,21H,1H3,(H,22,24)/t13-/m1/s1. The Morgan fingerprint density at radius 3 is 2.50 bits per heavy atom. The Labute approximate surface area is 153 Å². The molecule has 0 bridgehead atoms. The number of nitrogens with one attached hydrogen (secondary N) is 2. The molecule has 0 saturated carbocycles. The van der Waals surface area contributed by atoms with Gasteiger partial charge in [-0.3, -0.25) is 4.79 Å². The van der Waals surface area contributed by atoms with Gasteiger partial charge >= 0.3 is 0 Å². The maximum Gasteiger partial charge on any atom is 0.268 e. The molecular formula is C16H13Cl3N4O. The van der Waals surface area contributed by atoms with Crippen LogP contribution >= 0.6 is 34.8 Å². The van der Waals surface area contributed by atoms with Gasteiger partial charge in [-0.1, -0.05) is 46.9 Å². The smallest absolute Gasteiger partial charge is 0.268 e. The van der Waals surface area contributed by atoms with Gasteiger partial charge < -0.3 is 14.9 Å². The number of aromatic amines is 1. The van der Waals surface area contributed by atoms with Crippen molar-refractivity contribution in [1.82, 2.24) is 19.9 Å². The van der Waals surface area contributed by atoms with Gasteiger partial charge in [0.1, 0.15) is 22.7 Å². The number of benzene rings is 1. The number of nitrogens with zero attached hydrogens (tertiary/aromatic N) is 2. The average molecular weight is 384 g/mol. The van der Waals surface area contributed by atoms with Crippen LogP contribution in [-0.2, 0) is 7.05 Å². The third-order valence-electron chi connectivity index (χ3n) is 3.57. The highest BCUT2D eigenvalue weighted by atomic mass is 35.5. The normalized spacial score (nSPS) is 12.2. The molecule has 0 radical (unpaired) electrons. The van der Waals surface area contributed by atoms with E-state index in [0.717, 1.165) is 5.56 Å². The van der Waals surface area contributed by atoms with Crippen LogP contribution in [0.15, 0.2) is 42.7 Å². The lowest BCUT2D eigenvalue weighted by Gasteiger charge is -2.19. The van der Waals surface area contributed by atoms with Crippen LogP contribution in [0.2, 0.25) is 15.2 Å². The quantitative estimate of drug-likeness (QED) is 0.708. The Morgan fingerprint density at radius 2 is 1.96 bits per heavy atom. The molecule has 8 heteroatoms. The number of aryl methyl sites for hydroxylation is 1. The highest BCUT2D eigenvalue weighted by Gasteiger charge is 2.22. The molecule has 0 aliphatic heterocycles. The number of rotatable bonds is 4. The molecule has 3 aromatic rings. The monoisotopic (exact) mass is 382 g/mol. The van der Waals surface area contributed by atoms with Crippen LogP contribution in [0.1, 0.15) is 27.9 Å². The van der Waals surface area contributed by atoms with Gasteiger partial charge in [0.05, 0.1) is 5.02 Å². The van der Waals surface area contributed by atoms with Gasteiger partial charge in [0.2, 0.25) is 0 Å². The van der Waals surface area contributed by atoms with Crippen LogP contribution in [0.4, 0.5) is 0 Å². The second-order valence-corrected chi connectivity index (χ2v) is 6.42. The molecule has 0 spiro atoms. The van der Waals surface area contributed by atoms with Crippen molar-refractivity contribution < 1.29 is 4.79 Å². The average Bonchev–Trinajstić information content (AvgIpc) is 3.12. The van der Waals surface area contributed by atoms with Crippen molar-refractivity contribution in [3.63, 3.8) is 0 Å². The molecule has 1 amide bonds. The summed E-state index contributed by atoms with van der Waals surface area (Å²) < 4.78 is 1.84. The first-order chi connectivity index (χ1) is 11.5. The van der Waals surface area contributed by atoms with E-state index in [4.69, 9.17) is 34.8 Å². The van der Waals surface area contributed by atoms with Gasteiger partial charge in [0.25, 0.3) is 5.91 Å². The maximum atomic E-state index is 12.5. The van der Waals surface area contributed by atoms with Crippen LogP contribution in [0.25, 0.3) is 0 Å². The fraction of sp³-hybridized carbons (Fsp3) is 0.125. The molecule has 0 unspecified atom stereocenters. The number of carbonyl (C=O) groups excluding carboxylic acids is 1. The zero-order valence-corrected chi connectivity index (χ0v) is 14.8. The minimum atomic E-state index is -0.449. The Kier molecular flexibility index (Phi) is 4.85. The molecule has 5 nitrogen and oxygen atoms in total. The predicted molar refractivity (Wildman–Crippen MR) is 94.8 cm³/mol. The predicted octanol–water partition coefficient (Wildman–Crippen LogP) is 4.23. The van der Waals surface area contributed by atoms with Gasteiger partial charge in [-0.25, -0.2) is 4.98 Å². The topological polar surface area (TPSA) is 62.7 Å². The molecule has 2 N–H and O–H groups in total. The number of H-pyrrole nitrogens is 1. The van der Waals surface area contributed by atoms with Crippen LogP contribution in [0, 0.1) is 0 Å². The van der Waals surface area contributed by atoms with E-state index in [2.05, 4.69) is 15.3 Å². The fourth-order valence-corrected chi connectivity index (χ4v) is 2.78. The minimum absolute atomic E-state index is 0.224. The molecule has 24 heavy (non-hydrogen) atoms. The summed E-state index contributed by atoms with van der Waals surface area (Å²) in [6.45, 7) is 0. The van der Waals surface area contributed by atoms with E-state index in [1.807, 2.05) is 29.9 Å². The number of carbonyl (C=O) groups is 1. The summed E-state index contributed by atoms with van der Waals surface area (Å²) in [5.74, 6) is 0.348. The summed E-state index contributed by atoms with van der Waals surface area (Å²) in [6.07, 6.45) is 3.49. The first kappa shape index (κ1) is 16.9. The van der Waals surface area contributed by atoms with Crippen LogP contribution in [-0.4, -0.2) is 20.4 Å². The summed E-state index contributed by atoms with van der Waals surface area (Å²) >= 11 is 17.7. The lowest BCUT2D eigenvalue weighted by molar-refractivity contribution is 0.0936. The van der Waals surface area contributed by atoms with E-state index in [1.54, 1.807) is 18.3 Å². The second-order valence-electron chi connectivity index (χ2n) is 5.20. The third kappa shape index (κ3) is 3.43. The van der Waals surface area contributed by atoms with E-state index >= 15 is 0 Å². The van der Waals surface area contributed by atoms with Gasteiger partial charge in [-0.2, -0.15) is 0 Å². The fourth-order valence-electron chi connectivity index (χ4n) is 2.34. The number of hydrogen-bond acceptors (Lipinski definition) is 2. The van der Waals surface area contributed by atoms with E-state index in [1.165, 1.54) is 6.07 Å². The van der Waals surface area contributed by atoms with Crippen molar-refractivity contribution in [2.24, 2.45) is 7.05 Å². The summed E-state index contributed by atoms with van der Waals surface area (Å²) in [7, 11) is 1.86. The van der Waals surface area contributed by atoms with Crippen molar-refractivity contribution in [2.75, 3.05) is 0 Å². The Bertz CT molecular complexity index is 850. The SMILES string of the molecule is Cn1ccnc1[C@H](NC(=O)c1cc(Cl)c(Cl)[nH]1)c1ccc(Cl)cc1. The number of hydrogen-bond donors (Lipinski definition) is 2. The molecule has 0 aliphatic carbocycles. The summed E-state index contributed by atoms with van der Waals surface area (Å²) in [5, 5.41) is 4.07. The van der Waals surface area contributed by atoms with Gasteiger partial charge in [0.15, 0.2) is 0 Å². The Hall–Kier alpha value is -1.95. The van der Waals surface area contributed by atoms with Crippen LogP contribution in [0.3, 0.4) is 0 Å². The molecular weight excluding hydrogens is 371 g/mol. The van der Waals surface area contributed by atoms with E-state index < -0.39 is 6.04 Å². The molecule has 0 fully saturated rings. The van der Waals surface area contributed by atoms with Crippen molar-refractivity contribution in [1.29, 1.82) is 0 Å². The number of amides is 1. The molecule has 2 aromatic heterocycles. The second kappa shape index (κ2) is 6.89. The zero-order chi connectivity index (χ0) is 17.3. The van der Waals surface area contributed by atoms with Gasteiger partial charge in [0, 0.05) is 24.5 Å². The lowest BCUT2D eigenvalue weighted by atomic mass is 10.1. The van der Waals surface area contributed by atoms with Crippen molar-refractivity contribution in [3.8, 4) is 0 Å². The number of halogens is 3. The molecule has 1 atom stereocenters. The molecule has 124 valence electrons. The van der Waals surface area contributed by atoms with Crippen LogP contribution in [0.5, 0.6) is 0 Å². The van der Waals surface area contributed by atoms with E-state index in [-0.39, 0.29) is 16.8 Å². The summed E-state index contributed by atoms with van der Waals surface area (Å²) in [5.41, 5.74) is 1.13. The van der Waals surface area contributed by atoms with E-state index in [9.17, 15) is 4.79 Å². The first-order valence-electron chi connectivity index (χ1n) is 7.03. The third-order valence-corrected chi connectivity index (χ3v) is 4.51. The summed E-state index contributed by atoms with van der Waals surface area (Å²) in [6, 6.07) is 8.25. The van der Waals surface area contributed by atoms with Gasteiger partial charge in [-0.05, 0) is 23.8 Å². The Balaban J connectivity index is 1.94. The molecule has 0 saturated heterocycles. The Morgan fingerprint density at radius 1 is 1.25 bits per heavy atom. The largest absolute Gasteiger partial charge is 0.340 e. The summed E-state index contributed by atoms with van der Waals surface area (Å²) in [4.78, 5) is 19.6. The van der Waals surface area contributed by atoms with Gasteiger partial charge in [-0.15, -0.1) is 0 Å². The number of imidazole rings is 1. The molecule has 0 aliphatic rings. The van der Waals surface area contributed by atoms with Crippen molar-refractivity contribution in [2.45, 2.75) is 6.04 Å². The van der Waals surface area contributed by atoms with Crippen molar-refractivity contribution >= 4 is 40.7 Å². The number of aromatic nitrogens is 3. The molecule has 1 aromatic carbocycles. The highest BCUT2D eigenvalue weighted by molar-refractivity contribution is 6.41. The van der Waals surface area contributed by atoms with Crippen LogP contribution < -0.4 is 5.32 Å².